The Morgan fingerprint density at radius 2 is 1.94 bits per heavy atom. The number of carbonyl (C=O) groups excluding carboxylic acids is 2. The van der Waals surface area contributed by atoms with E-state index in [1.54, 1.807) is 17.8 Å². The molecule has 3 aromatic rings. The molecule has 0 saturated carbocycles. The smallest absolute Gasteiger partial charge is 0.356 e. The van der Waals surface area contributed by atoms with Crippen molar-refractivity contribution in [3.63, 3.8) is 0 Å². The van der Waals surface area contributed by atoms with Crippen LogP contribution in [0.4, 0.5) is 11.4 Å². The van der Waals surface area contributed by atoms with Gasteiger partial charge in [0.25, 0.3) is 0 Å². The second-order valence-electron chi connectivity index (χ2n) is 7.57. The van der Waals surface area contributed by atoms with Crippen molar-refractivity contribution in [3.8, 4) is 0 Å². The minimum Gasteiger partial charge on any atom is -0.464 e. The van der Waals surface area contributed by atoms with Crippen molar-refractivity contribution in [1.82, 2.24) is 9.55 Å². The van der Waals surface area contributed by atoms with E-state index in [9.17, 15) is 9.59 Å². The van der Waals surface area contributed by atoms with Crippen LogP contribution in [0.1, 0.15) is 36.3 Å². The van der Waals surface area contributed by atoms with E-state index in [1.807, 2.05) is 50.2 Å². The third kappa shape index (κ3) is 5.31. The first-order valence-corrected chi connectivity index (χ1v) is 10.2. The van der Waals surface area contributed by atoms with Crippen LogP contribution in [0.2, 0.25) is 0 Å². The maximum atomic E-state index is 12.7. The number of rotatable bonds is 8. The first kappa shape index (κ1) is 22.1. The third-order valence-corrected chi connectivity index (χ3v) is 4.97. The number of pyridine rings is 1. The highest BCUT2D eigenvalue weighted by atomic mass is 16.5. The number of methoxy groups -OCH3 is 1. The molecule has 0 saturated heterocycles. The average Bonchev–Trinajstić information content (AvgIpc) is 3.03. The second kappa shape index (κ2) is 9.93. The van der Waals surface area contributed by atoms with Crippen LogP contribution < -0.4 is 10.6 Å². The Balaban J connectivity index is 1.91. The van der Waals surface area contributed by atoms with Gasteiger partial charge >= 0.3 is 5.97 Å². The molecular formula is C24H28N4O3. The highest BCUT2D eigenvalue weighted by molar-refractivity contribution is 6.11. The number of aromatic nitrogens is 2. The lowest BCUT2D eigenvalue weighted by atomic mass is 10.1. The van der Waals surface area contributed by atoms with Crippen LogP contribution in [-0.2, 0) is 23.0 Å². The van der Waals surface area contributed by atoms with Gasteiger partial charge in [0, 0.05) is 25.4 Å². The van der Waals surface area contributed by atoms with Crippen LogP contribution in [0, 0.1) is 0 Å². The van der Waals surface area contributed by atoms with E-state index in [1.165, 1.54) is 12.7 Å². The zero-order chi connectivity index (χ0) is 22.4. The summed E-state index contributed by atoms with van der Waals surface area (Å²) in [6.45, 7) is 4.73. The van der Waals surface area contributed by atoms with Gasteiger partial charge < -0.3 is 19.9 Å². The maximum absolute atomic E-state index is 12.7. The number of nitrogens with zero attached hydrogens (tertiary/aromatic N) is 2. The summed E-state index contributed by atoms with van der Waals surface area (Å²) in [7, 11) is 3.05. The van der Waals surface area contributed by atoms with Crippen LogP contribution in [-0.4, -0.2) is 35.1 Å². The van der Waals surface area contributed by atoms with Crippen molar-refractivity contribution in [2.75, 3.05) is 24.3 Å². The van der Waals surface area contributed by atoms with Gasteiger partial charge in [-0.2, -0.15) is 0 Å². The van der Waals surface area contributed by atoms with E-state index in [4.69, 9.17) is 4.74 Å². The molecule has 0 fully saturated rings. The largest absolute Gasteiger partial charge is 0.464 e. The summed E-state index contributed by atoms with van der Waals surface area (Å²) in [4.78, 5) is 29.7. The first-order chi connectivity index (χ1) is 14.9. The van der Waals surface area contributed by atoms with E-state index in [-0.39, 0.29) is 11.6 Å². The molecule has 1 aromatic carbocycles. The number of fused-ring (bicyclic) bond motifs is 1. The van der Waals surface area contributed by atoms with E-state index in [0.29, 0.717) is 36.1 Å². The third-order valence-electron chi connectivity index (χ3n) is 4.97. The summed E-state index contributed by atoms with van der Waals surface area (Å²) in [5.41, 5.74) is 4.36. The van der Waals surface area contributed by atoms with Gasteiger partial charge in [-0.15, -0.1) is 0 Å². The number of amides is 1. The van der Waals surface area contributed by atoms with Gasteiger partial charge in [0.15, 0.2) is 5.69 Å². The van der Waals surface area contributed by atoms with Gasteiger partial charge in [0.05, 0.1) is 24.7 Å². The predicted octanol–water partition coefficient (Wildman–Crippen LogP) is 4.31. The number of nitrogens with one attached hydrogen (secondary N) is 2. The number of allylic oxidation sites excluding steroid dienone is 1. The fourth-order valence-electron chi connectivity index (χ4n) is 3.35. The summed E-state index contributed by atoms with van der Waals surface area (Å²) in [5.74, 6) is -0.706. The van der Waals surface area contributed by atoms with Crippen LogP contribution >= 0.6 is 0 Å². The highest BCUT2D eigenvalue weighted by Crippen LogP contribution is 2.32. The molecular weight excluding hydrogens is 392 g/mol. The van der Waals surface area contributed by atoms with E-state index < -0.39 is 5.97 Å². The Bertz CT molecular complexity index is 1110. The Kier molecular flexibility index (Phi) is 7.07. The number of benzene rings is 1. The summed E-state index contributed by atoms with van der Waals surface area (Å²) >= 11 is 0. The summed E-state index contributed by atoms with van der Waals surface area (Å²) < 4.78 is 6.60. The quantitative estimate of drug-likeness (QED) is 0.419. The molecule has 2 aromatic heterocycles. The summed E-state index contributed by atoms with van der Waals surface area (Å²) in [5, 5.41) is 6.89. The topological polar surface area (TPSA) is 85.2 Å². The fourth-order valence-corrected chi connectivity index (χ4v) is 3.35. The minimum atomic E-state index is -0.530. The molecule has 0 aliphatic rings. The Morgan fingerprint density at radius 1 is 1.19 bits per heavy atom. The number of hydrogen-bond acceptors (Lipinski definition) is 5. The van der Waals surface area contributed by atoms with Gasteiger partial charge in [-0.1, -0.05) is 42.0 Å². The lowest BCUT2D eigenvalue weighted by Gasteiger charge is -2.08. The molecule has 2 N–H and O–H groups in total. The van der Waals surface area contributed by atoms with Gasteiger partial charge in [-0.3, -0.25) is 4.79 Å². The molecule has 2 heterocycles. The lowest BCUT2D eigenvalue weighted by molar-refractivity contribution is -0.116. The van der Waals surface area contributed by atoms with Crippen molar-refractivity contribution >= 4 is 34.3 Å². The van der Waals surface area contributed by atoms with Gasteiger partial charge in [0.2, 0.25) is 5.91 Å². The van der Waals surface area contributed by atoms with Crippen molar-refractivity contribution in [3.05, 3.63) is 65.5 Å². The highest BCUT2D eigenvalue weighted by Gasteiger charge is 2.24. The molecule has 0 atom stereocenters. The van der Waals surface area contributed by atoms with Gasteiger partial charge in [0.1, 0.15) is 5.65 Å². The predicted molar refractivity (Wildman–Crippen MR) is 123 cm³/mol. The Hall–Kier alpha value is -3.61. The molecule has 1 amide bonds. The maximum Gasteiger partial charge on any atom is 0.356 e. The monoisotopic (exact) mass is 420 g/mol. The average molecular weight is 421 g/mol. The zero-order valence-electron chi connectivity index (χ0n) is 18.4. The molecule has 7 heteroatoms. The van der Waals surface area contributed by atoms with E-state index >= 15 is 0 Å². The first-order valence-electron chi connectivity index (χ1n) is 10.2. The van der Waals surface area contributed by atoms with Gasteiger partial charge in [-0.05, 0) is 31.9 Å². The SMILES string of the molecule is COC(=O)c1c(NC(=O)CCc2ccccc2)c2cc(NCC=C(C)C)cnc2n1C. The molecule has 0 radical (unpaired) electrons. The van der Waals surface area contributed by atoms with Crippen LogP contribution in [0.5, 0.6) is 0 Å². The number of esters is 1. The van der Waals surface area contributed by atoms with E-state index in [0.717, 1.165) is 11.3 Å². The van der Waals surface area contributed by atoms with Crippen LogP contribution in [0.25, 0.3) is 11.0 Å². The number of anilines is 2. The molecule has 0 unspecified atom stereocenters. The van der Waals surface area contributed by atoms with E-state index in [2.05, 4.69) is 21.7 Å². The number of hydrogen-bond donors (Lipinski definition) is 2. The molecule has 3 rings (SSSR count). The van der Waals surface area contributed by atoms with Crippen molar-refractivity contribution in [1.29, 1.82) is 0 Å². The normalized spacial score (nSPS) is 10.6. The molecule has 0 aliphatic carbocycles. The number of ether oxygens (including phenoxy) is 1. The molecule has 7 nitrogen and oxygen atoms in total. The van der Waals surface area contributed by atoms with Crippen LogP contribution in [0.15, 0.2) is 54.2 Å². The Labute approximate surface area is 182 Å². The second-order valence-corrected chi connectivity index (χ2v) is 7.57. The molecule has 0 bridgehead atoms. The van der Waals surface area contributed by atoms with Crippen LogP contribution in [0.3, 0.4) is 0 Å². The molecule has 0 spiro atoms. The fraction of sp³-hybridized carbons (Fsp3) is 0.292. The summed E-state index contributed by atoms with van der Waals surface area (Å²) in [6, 6.07) is 11.7. The Morgan fingerprint density at radius 3 is 2.61 bits per heavy atom. The number of carbonyl (C=O) groups is 2. The zero-order valence-corrected chi connectivity index (χ0v) is 18.4. The standard InChI is InChI=1S/C24H28N4O3/c1-16(2)12-13-25-18-14-19-21(22(24(30)31-4)28(3)23(19)26-15-18)27-20(29)11-10-17-8-6-5-7-9-17/h5-9,12,14-15,25H,10-11,13H2,1-4H3,(H,27,29). The van der Waals surface area contributed by atoms with Gasteiger partial charge in [-0.25, -0.2) is 9.78 Å². The molecule has 162 valence electrons. The summed E-state index contributed by atoms with van der Waals surface area (Å²) in [6.07, 6.45) is 4.69. The van der Waals surface area contributed by atoms with Crippen molar-refractivity contribution in [2.45, 2.75) is 26.7 Å². The number of aryl methyl sites for hydroxylation is 2. The van der Waals surface area contributed by atoms with Crippen molar-refractivity contribution in [2.24, 2.45) is 7.05 Å². The minimum absolute atomic E-state index is 0.176. The van der Waals surface area contributed by atoms with Crippen molar-refractivity contribution < 1.29 is 14.3 Å². The molecule has 0 aliphatic heterocycles. The lowest BCUT2D eigenvalue weighted by Crippen LogP contribution is -2.16. The molecule has 31 heavy (non-hydrogen) atoms.